The van der Waals surface area contributed by atoms with Crippen LogP contribution in [0.2, 0.25) is 0 Å². The summed E-state index contributed by atoms with van der Waals surface area (Å²) in [6.07, 6.45) is 1.65. The molecule has 1 heterocycles. The molecule has 0 saturated carbocycles. The minimum atomic E-state index is -0.448. The number of rotatable bonds is 8. The molecule has 0 radical (unpaired) electrons. The minimum absolute atomic E-state index is 0.0747. The van der Waals surface area contributed by atoms with E-state index in [2.05, 4.69) is 26.8 Å². The third-order valence-corrected chi connectivity index (χ3v) is 5.03. The summed E-state index contributed by atoms with van der Waals surface area (Å²) in [5.41, 5.74) is 1.27. The van der Waals surface area contributed by atoms with E-state index in [0.717, 1.165) is 0 Å². The van der Waals surface area contributed by atoms with Crippen LogP contribution in [0.4, 0.5) is 10.1 Å². The molecule has 0 bridgehead atoms. The summed E-state index contributed by atoms with van der Waals surface area (Å²) >= 11 is 1.18. The highest BCUT2D eigenvalue weighted by Crippen LogP contribution is 2.26. The topological polar surface area (TPSA) is 86.1 Å². The average molecular weight is 426 g/mol. The second kappa shape index (κ2) is 9.84. The first-order valence-electron chi connectivity index (χ1n) is 8.93. The van der Waals surface area contributed by atoms with Crippen LogP contribution in [0.1, 0.15) is 10.4 Å². The van der Waals surface area contributed by atoms with Gasteiger partial charge in [0, 0.05) is 12.2 Å². The molecule has 0 unspecified atom stereocenters. The number of thioether (sulfide) groups is 1. The van der Waals surface area contributed by atoms with Gasteiger partial charge in [0.1, 0.15) is 5.82 Å². The van der Waals surface area contributed by atoms with Gasteiger partial charge in [-0.15, -0.1) is 16.8 Å². The number of nitrogens with zero attached hydrogens (tertiary/aromatic N) is 3. The Morgan fingerprint density at radius 1 is 1.20 bits per heavy atom. The summed E-state index contributed by atoms with van der Waals surface area (Å²) in [5, 5.41) is 11.4. The molecule has 0 aliphatic carbocycles. The number of hydrogen-bond donors (Lipinski definition) is 1. The van der Waals surface area contributed by atoms with E-state index in [1.165, 1.54) is 24.9 Å². The number of esters is 1. The zero-order valence-corrected chi connectivity index (χ0v) is 17.0. The molecule has 9 heteroatoms. The van der Waals surface area contributed by atoms with Crippen molar-refractivity contribution in [1.29, 1.82) is 0 Å². The number of halogens is 1. The van der Waals surface area contributed by atoms with Crippen molar-refractivity contribution >= 4 is 29.3 Å². The van der Waals surface area contributed by atoms with Crippen LogP contribution in [-0.2, 0) is 16.1 Å². The molecule has 0 aliphatic rings. The van der Waals surface area contributed by atoms with Crippen molar-refractivity contribution < 1.29 is 18.7 Å². The lowest BCUT2D eigenvalue weighted by atomic mass is 10.2. The Balaban J connectivity index is 1.68. The molecule has 30 heavy (non-hydrogen) atoms. The zero-order valence-electron chi connectivity index (χ0n) is 16.2. The number of hydrogen-bond acceptors (Lipinski definition) is 6. The van der Waals surface area contributed by atoms with Gasteiger partial charge in [-0.1, -0.05) is 30.0 Å². The molecule has 0 saturated heterocycles. The highest BCUT2D eigenvalue weighted by molar-refractivity contribution is 7.99. The Bertz CT molecular complexity index is 1070. The van der Waals surface area contributed by atoms with Crippen LogP contribution < -0.4 is 5.32 Å². The first-order chi connectivity index (χ1) is 14.5. The van der Waals surface area contributed by atoms with Crippen LogP contribution >= 0.6 is 11.8 Å². The third-order valence-electron chi connectivity index (χ3n) is 4.07. The molecule has 2 aromatic carbocycles. The van der Waals surface area contributed by atoms with E-state index in [-0.39, 0.29) is 11.7 Å². The summed E-state index contributed by atoms with van der Waals surface area (Å²) in [4.78, 5) is 23.8. The highest BCUT2D eigenvalue weighted by atomic mass is 32.2. The number of nitrogens with one attached hydrogen (secondary N) is 1. The summed E-state index contributed by atoms with van der Waals surface area (Å²) in [5.74, 6) is -0.665. The Morgan fingerprint density at radius 3 is 2.60 bits per heavy atom. The van der Waals surface area contributed by atoms with Crippen LogP contribution in [0.25, 0.3) is 11.4 Å². The van der Waals surface area contributed by atoms with Crippen molar-refractivity contribution in [2.75, 3.05) is 18.2 Å². The molecule has 1 amide bonds. The van der Waals surface area contributed by atoms with Crippen molar-refractivity contribution in [3.8, 4) is 11.4 Å². The fraction of sp³-hybridized carbons (Fsp3) is 0.143. The van der Waals surface area contributed by atoms with E-state index in [9.17, 15) is 14.0 Å². The van der Waals surface area contributed by atoms with Gasteiger partial charge in [0.15, 0.2) is 11.0 Å². The molecule has 0 fully saturated rings. The molecule has 1 N–H and O–H groups in total. The summed E-state index contributed by atoms with van der Waals surface area (Å²) in [6.45, 7) is 4.09. The molecular weight excluding hydrogens is 407 g/mol. The fourth-order valence-corrected chi connectivity index (χ4v) is 3.41. The fourth-order valence-electron chi connectivity index (χ4n) is 2.67. The van der Waals surface area contributed by atoms with Gasteiger partial charge < -0.3 is 10.1 Å². The van der Waals surface area contributed by atoms with Gasteiger partial charge in [0.05, 0.1) is 24.0 Å². The normalized spacial score (nSPS) is 10.5. The zero-order chi connectivity index (χ0) is 21.5. The van der Waals surface area contributed by atoms with Crippen molar-refractivity contribution in [2.24, 2.45) is 0 Å². The van der Waals surface area contributed by atoms with Crippen molar-refractivity contribution in [3.63, 3.8) is 0 Å². The second-order valence-corrected chi connectivity index (χ2v) is 7.03. The quantitative estimate of drug-likeness (QED) is 0.335. The Labute approximate surface area is 177 Å². The molecule has 7 nitrogen and oxygen atoms in total. The van der Waals surface area contributed by atoms with Gasteiger partial charge in [-0.3, -0.25) is 9.36 Å². The number of anilines is 1. The van der Waals surface area contributed by atoms with Crippen LogP contribution in [0, 0.1) is 5.82 Å². The maximum absolute atomic E-state index is 14.2. The number of carbonyl (C=O) groups is 2. The number of amides is 1. The number of ether oxygens (including phenoxy) is 1. The van der Waals surface area contributed by atoms with E-state index in [4.69, 9.17) is 0 Å². The molecular formula is C21H19FN4O3S. The van der Waals surface area contributed by atoms with Crippen LogP contribution in [0.15, 0.2) is 66.3 Å². The van der Waals surface area contributed by atoms with Gasteiger partial charge in [0.2, 0.25) is 5.91 Å². The van der Waals surface area contributed by atoms with E-state index in [1.54, 1.807) is 53.1 Å². The Morgan fingerprint density at radius 2 is 1.93 bits per heavy atom. The maximum atomic E-state index is 14.2. The largest absolute Gasteiger partial charge is 0.465 e. The lowest BCUT2D eigenvalue weighted by Gasteiger charge is -2.09. The molecule has 0 spiro atoms. The first-order valence-corrected chi connectivity index (χ1v) is 9.92. The van der Waals surface area contributed by atoms with Crippen LogP contribution in [0.5, 0.6) is 0 Å². The minimum Gasteiger partial charge on any atom is -0.465 e. The summed E-state index contributed by atoms with van der Waals surface area (Å²) in [6, 6.07) is 12.7. The standard InChI is InChI=1S/C21H19FN4O3S/c1-3-12-26-19(16-6-4-5-7-17(16)22)24-25-21(26)30-13-18(27)23-15-10-8-14(9-11-15)20(28)29-2/h3-11H,1,12-13H2,2H3,(H,23,27). The first kappa shape index (κ1) is 21.3. The van der Waals surface area contributed by atoms with Crippen molar-refractivity contribution in [1.82, 2.24) is 14.8 Å². The monoisotopic (exact) mass is 426 g/mol. The molecule has 0 aliphatic heterocycles. The summed E-state index contributed by atoms with van der Waals surface area (Å²) < 4.78 is 20.5. The summed E-state index contributed by atoms with van der Waals surface area (Å²) in [7, 11) is 1.30. The Hall–Kier alpha value is -3.46. The average Bonchev–Trinajstić information content (AvgIpc) is 3.15. The van der Waals surface area contributed by atoms with E-state index >= 15 is 0 Å². The van der Waals surface area contributed by atoms with Gasteiger partial charge in [-0.05, 0) is 36.4 Å². The van der Waals surface area contributed by atoms with Gasteiger partial charge in [-0.25, -0.2) is 9.18 Å². The number of allylic oxidation sites excluding steroid dienone is 1. The van der Waals surface area contributed by atoms with Crippen molar-refractivity contribution in [2.45, 2.75) is 11.7 Å². The predicted octanol–water partition coefficient (Wildman–Crippen LogP) is 3.79. The van der Waals surface area contributed by atoms with E-state index in [0.29, 0.717) is 34.3 Å². The smallest absolute Gasteiger partial charge is 0.337 e. The SMILES string of the molecule is C=CCn1c(SCC(=O)Nc2ccc(C(=O)OC)cc2)nnc1-c1ccccc1F. The van der Waals surface area contributed by atoms with Gasteiger partial charge >= 0.3 is 5.97 Å². The number of benzene rings is 2. The maximum Gasteiger partial charge on any atom is 0.337 e. The van der Waals surface area contributed by atoms with Gasteiger partial charge in [0.25, 0.3) is 0 Å². The molecule has 3 aromatic rings. The van der Waals surface area contributed by atoms with Gasteiger partial charge in [-0.2, -0.15) is 0 Å². The van der Waals surface area contributed by atoms with E-state index in [1.807, 2.05) is 0 Å². The second-order valence-electron chi connectivity index (χ2n) is 6.09. The molecule has 3 rings (SSSR count). The van der Waals surface area contributed by atoms with Crippen LogP contribution in [0.3, 0.4) is 0 Å². The lowest BCUT2D eigenvalue weighted by molar-refractivity contribution is -0.113. The molecule has 1 aromatic heterocycles. The molecule has 0 atom stereocenters. The van der Waals surface area contributed by atoms with Crippen LogP contribution in [-0.4, -0.2) is 39.5 Å². The predicted molar refractivity (Wildman–Crippen MR) is 113 cm³/mol. The lowest BCUT2D eigenvalue weighted by Crippen LogP contribution is -2.15. The number of carbonyl (C=O) groups excluding carboxylic acids is 2. The number of methoxy groups -OCH3 is 1. The third kappa shape index (κ3) is 4.93. The number of aromatic nitrogens is 3. The van der Waals surface area contributed by atoms with Crippen molar-refractivity contribution in [3.05, 3.63) is 72.6 Å². The Kier molecular flexibility index (Phi) is 6.97. The highest BCUT2D eigenvalue weighted by Gasteiger charge is 2.17. The van der Waals surface area contributed by atoms with E-state index < -0.39 is 11.8 Å². The molecule has 154 valence electrons.